The molecule has 1 amide bonds. The molecule has 0 aliphatic rings. The Morgan fingerprint density at radius 3 is 2.63 bits per heavy atom. The first-order valence-corrected chi connectivity index (χ1v) is 7.04. The van der Waals surface area contributed by atoms with Crippen LogP contribution in [0.25, 0.3) is 0 Å². The minimum Gasteiger partial charge on any atom is -0.344 e. The fourth-order valence-electron chi connectivity index (χ4n) is 1.87. The van der Waals surface area contributed by atoms with Crippen molar-refractivity contribution >= 4 is 28.8 Å². The lowest BCUT2D eigenvalue weighted by Crippen LogP contribution is -2.27. The first-order chi connectivity index (χ1) is 8.97. The molecule has 1 atom stereocenters. The molecule has 1 N–H and O–H groups in total. The summed E-state index contributed by atoms with van der Waals surface area (Å²) in [5, 5.41) is 10.6. The van der Waals surface area contributed by atoms with Crippen LogP contribution < -0.4 is 5.32 Å². The molecule has 0 aliphatic carbocycles. The van der Waals surface area contributed by atoms with Gasteiger partial charge in [-0.15, -0.1) is 21.5 Å². The van der Waals surface area contributed by atoms with Gasteiger partial charge in [-0.1, -0.05) is 11.6 Å². The van der Waals surface area contributed by atoms with Gasteiger partial charge in [-0.3, -0.25) is 4.79 Å². The lowest BCUT2D eigenvalue weighted by atomic mass is 10.1. The number of aromatic nitrogens is 2. The van der Waals surface area contributed by atoms with E-state index in [-0.39, 0.29) is 22.8 Å². The highest BCUT2D eigenvalue weighted by molar-refractivity contribution is 7.12. The van der Waals surface area contributed by atoms with Crippen molar-refractivity contribution in [2.24, 2.45) is 0 Å². The maximum Gasteiger partial charge on any atom is 0.272 e. The van der Waals surface area contributed by atoms with Crippen LogP contribution in [0.4, 0.5) is 0 Å². The van der Waals surface area contributed by atoms with Crippen molar-refractivity contribution in [3.05, 3.63) is 44.4 Å². The summed E-state index contributed by atoms with van der Waals surface area (Å²) >= 11 is 7.36. The van der Waals surface area contributed by atoms with E-state index in [9.17, 15) is 4.79 Å². The number of nitrogens with zero attached hydrogens (tertiary/aromatic N) is 2. The van der Waals surface area contributed by atoms with Crippen LogP contribution in [-0.2, 0) is 0 Å². The van der Waals surface area contributed by atoms with Gasteiger partial charge in [-0.05, 0) is 44.5 Å². The second-order valence-corrected chi connectivity index (χ2v) is 6.15. The molecule has 0 fully saturated rings. The third-order valence-electron chi connectivity index (χ3n) is 2.76. The third-order valence-corrected chi connectivity index (χ3v) is 3.94. The second-order valence-electron chi connectivity index (χ2n) is 4.31. The van der Waals surface area contributed by atoms with Crippen LogP contribution in [0, 0.1) is 13.8 Å². The zero-order valence-electron chi connectivity index (χ0n) is 10.9. The first-order valence-electron chi connectivity index (χ1n) is 5.84. The Morgan fingerprint density at radius 2 is 2.11 bits per heavy atom. The summed E-state index contributed by atoms with van der Waals surface area (Å²) in [5.74, 6) is -0.250. The number of nitrogens with one attached hydrogen (secondary N) is 1. The lowest BCUT2D eigenvalue weighted by molar-refractivity contribution is 0.0934. The summed E-state index contributed by atoms with van der Waals surface area (Å²) in [6, 6.07) is 5.14. The lowest BCUT2D eigenvalue weighted by Gasteiger charge is -2.13. The summed E-state index contributed by atoms with van der Waals surface area (Å²) < 4.78 is 0. The highest BCUT2D eigenvalue weighted by Crippen LogP contribution is 2.26. The fourth-order valence-corrected chi connectivity index (χ4v) is 2.99. The van der Waals surface area contributed by atoms with Crippen LogP contribution in [0.3, 0.4) is 0 Å². The quantitative estimate of drug-likeness (QED) is 0.945. The summed E-state index contributed by atoms with van der Waals surface area (Å²) in [5.41, 5.74) is 1.40. The van der Waals surface area contributed by atoms with Crippen molar-refractivity contribution in [2.45, 2.75) is 26.8 Å². The maximum absolute atomic E-state index is 12.0. The number of carbonyl (C=O) groups is 1. The molecule has 0 radical (unpaired) electrons. The fraction of sp³-hybridized carbons (Fsp3) is 0.308. The molecule has 0 aromatic carbocycles. The minimum atomic E-state index is -0.250. The van der Waals surface area contributed by atoms with Crippen LogP contribution in [0.2, 0.25) is 5.15 Å². The van der Waals surface area contributed by atoms with Crippen molar-refractivity contribution in [3.8, 4) is 0 Å². The van der Waals surface area contributed by atoms with Gasteiger partial charge < -0.3 is 5.32 Å². The van der Waals surface area contributed by atoms with Gasteiger partial charge in [0.05, 0.1) is 6.04 Å². The number of hydrogen-bond acceptors (Lipinski definition) is 4. The number of thiophene rings is 1. The van der Waals surface area contributed by atoms with E-state index in [1.54, 1.807) is 23.5 Å². The average Bonchev–Trinajstić information content (AvgIpc) is 2.69. The van der Waals surface area contributed by atoms with Gasteiger partial charge >= 0.3 is 0 Å². The van der Waals surface area contributed by atoms with Gasteiger partial charge in [-0.25, -0.2) is 0 Å². The molecule has 4 nitrogen and oxygen atoms in total. The zero-order valence-corrected chi connectivity index (χ0v) is 12.5. The van der Waals surface area contributed by atoms with E-state index < -0.39 is 0 Å². The van der Waals surface area contributed by atoms with E-state index in [0.717, 1.165) is 5.56 Å². The number of hydrogen-bond donors (Lipinski definition) is 1. The number of amides is 1. The van der Waals surface area contributed by atoms with Gasteiger partial charge in [-0.2, -0.15) is 0 Å². The third kappa shape index (κ3) is 3.30. The highest BCUT2D eigenvalue weighted by atomic mass is 35.5. The molecule has 1 unspecified atom stereocenters. The second kappa shape index (κ2) is 5.67. The van der Waals surface area contributed by atoms with E-state index >= 15 is 0 Å². The average molecular weight is 296 g/mol. The predicted octanol–water partition coefficient (Wildman–Crippen LogP) is 3.30. The van der Waals surface area contributed by atoms with Crippen LogP contribution in [0.15, 0.2) is 18.2 Å². The minimum absolute atomic E-state index is 0.0603. The van der Waals surface area contributed by atoms with E-state index in [1.165, 1.54) is 9.75 Å². The summed E-state index contributed by atoms with van der Waals surface area (Å²) in [4.78, 5) is 14.5. The van der Waals surface area contributed by atoms with Crippen molar-refractivity contribution in [2.75, 3.05) is 0 Å². The van der Waals surface area contributed by atoms with Gasteiger partial charge in [0.15, 0.2) is 10.8 Å². The highest BCUT2D eigenvalue weighted by Gasteiger charge is 2.16. The molecule has 6 heteroatoms. The van der Waals surface area contributed by atoms with Crippen molar-refractivity contribution < 1.29 is 4.79 Å². The van der Waals surface area contributed by atoms with E-state index in [2.05, 4.69) is 35.4 Å². The standard InChI is InChI=1S/C13H14ClN3OS/c1-7-6-10(9(3)19-7)8(2)15-13(18)11-4-5-12(14)17-16-11/h4-6,8H,1-3H3,(H,15,18). The Kier molecular flexibility index (Phi) is 4.17. The molecule has 100 valence electrons. The van der Waals surface area contributed by atoms with Crippen LogP contribution in [-0.4, -0.2) is 16.1 Å². The van der Waals surface area contributed by atoms with Crippen molar-refractivity contribution in [1.29, 1.82) is 0 Å². The summed E-state index contributed by atoms with van der Waals surface area (Å²) in [6.45, 7) is 6.06. The Morgan fingerprint density at radius 1 is 1.37 bits per heavy atom. The van der Waals surface area contributed by atoms with Crippen molar-refractivity contribution in [3.63, 3.8) is 0 Å². The molecule has 2 aromatic heterocycles. The summed E-state index contributed by atoms with van der Waals surface area (Å²) in [7, 11) is 0. The van der Waals surface area contributed by atoms with E-state index in [1.807, 2.05) is 6.92 Å². The maximum atomic E-state index is 12.0. The van der Waals surface area contributed by atoms with Gasteiger partial charge in [0.25, 0.3) is 5.91 Å². The molecular weight excluding hydrogens is 282 g/mol. The van der Waals surface area contributed by atoms with E-state index in [0.29, 0.717) is 0 Å². The van der Waals surface area contributed by atoms with Gasteiger partial charge in [0.1, 0.15) is 0 Å². The smallest absolute Gasteiger partial charge is 0.272 e. The Labute approximate surface area is 120 Å². The Balaban J connectivity index is 2.10. The molecule has 0 bridgehead atoms. The van der Waals surface area contributed by atoms with Crippen LogP contribution in [0.5, 0.6) is 0 Å². The molecule has 0 saturated carbocycles. The molecule has 2 rings (SSSR count). The Bertz CT molecular complexity index is 594. The molecular formula is C13H14ClN3OS. The number of aryl methyl sites for hydroxylation is 2. The SMILES string of the molecule is Cc1cc(C(C)NC(=O)c2ccc(Cl)nn2)c(C)s1. The monoisotopic (exact) mass is 295 g/mol. The number of halogens is 1. The van der Waals surface area contributed by atoms with E-state index in [4.69, 9.17) is 11.6 Å². The molecule has 0 saturated heterocycles. The van der Waals surface area contributed by atoms with Crippen molar-refractivity contribution in [1.82, 2.24) is 15.5 Å². The van der Waals surface area contributed by atoms with Crippen LogP contribution in [0.1, 0.15) is 38.8 Å². The van der Waals surface area contributed by atoms with Crippen LogP contribution >= 0.6 is 22.9 Å². The van der Waals surface area contributed by atoms with Gasteiger partial charge in [0, 0.05) is 9.75 Å². The normalized spacial score (nSPS) is 12.2. The Hall–Kier alpha value is -1.46. The molecule has 2 heterocycles. The molecule has 0 aliphatic heterocycles. The first kappa shape index (κ1) is 14.0. The molecule has 0 spiro atoms. The predicted molar refractivity (Wildman–Crippen MR) is 76.7 cm³/mol. The molecule has 19 heavy (non-hydrogen) atoms. The zero-order chi connectivity index (χ0) is 14.0. The largest absolute Gasteiger partial charge is 0.344 e. The topological polar surface area (TPSA) is 54.9 Å². The van der Waals surface area contributed by atoms with Gasteiger partial charge in [0.2, 0.25) is 0 Å². The number of rotatable bonds is 3. The number of carbonyl (C=O) groups excluding carboxylic acids is 1. The molecule has 2 aromatic rings. The summed E-state index contributed by atoms with van der Waals surface area (Å²) in [6.07, 6.45) is 0.